The average Bonchev–Trinajstić information content (AvgIpc) is 2.96. The zero-order chi connectivity index (χ0) is 18.7. The molecule has 1 heterocycles. The monoisotopic (exact) mass is 436 g/mol. The topological polar surface area (TPSA) is 66.5 Å². The molecular weight excluding hydrogens is 416 g/mol. The maximum absolute atomic E-state index is 12.9. The number of hydrogen-bond acceptors (Lipinski definition) is 4. The number of hydrogen-bond donors (Lipinski definition) is 1. The number of sulfone groups is 1. The molecule has 1 atom stereocenters. The van der Waals surface area contributed by atoms with Crippen LogP contribution in [0.4, 0.5) is 11.4 Å². The molecule has 26 heavy (non-hydrogen) atoms. The fraction of sp³-hybridized carbons (Fsp3) is 0.316. The summed E-state index contributed by atoms with van der Waals surface area (Å²) in [4.78, 5) is 14.6. The number of halogens is 1. The molecule has 1 aliphatic rings. The first-order valence-electron chi connectivity index (χ1n) is 8.43. The van der Waals surface area contributed by atoms with Crippen LogP contribution in [0.3, 0.4) is 0 Å². The minimum absolute atomic E-state index is 0.0189. The Hall–Kier alpha value is -1.86. The minimum atomic E-state index is -3.08. The van der Waals surface area contributed by atoms with Crippen molar-refractivity contribution in [3.63, 3.8) is 0 Å². The van der Waals surface area contributed by atoms with E-state index in [4.69, 9.17) is 0 Å². The van der Waals surface area contributed by atoms with E-state index in [2.05, 4.69) is 21.2 Å². The zero-order valence-electron chi connectivity index (χ0n) is 14.5. The highest BCUT2D eigenvalue weighted by atomic mass is 79.9. The van der Waals surface area contributed by atoms with Gasteiger partial charge in [-0.1, -0.05) is 34.1 Å². The van der Waals surface area contributed by atoms with E-state index in [0.29, 0.717) is 6.42 Å². The summed E-state index contributed by atoms with van der Waals surface area (Å²) in [6, 6.07) is 14.7. The fourth-order valence-electron chi connectivity index (χ4n) is 3.14. The second kappa shape index (κ2) is 7.80. The predicted molar refractivity (Wildman–Crippen MR) is 108 cm³/mol. The van der Waals surface area contributed by atoms with Crippen LogP contribution >= 0.6 is 15.9 Å². The van der Waals surface area contributed by atoms with Crippen LogP contribution in [-0.2, 0) is 14.6 Å². The maximum Gasteiger partial charge on any atom is 0.246 e. The molecule has 7 heteroatoms. The SMILES string of the molecule is Cc1cc(NCC(=O)N(c2ccccc2)[C@H]2CCS(=O)(=O)C2)ccc1Br. The molecule has 0 radical (unpaired) electrons. The van der Waals surface area contributed by atoms with E-state index in [9.17, 15) is 13.2 Å². The molecule has 138 valence electrons. The Bertz CT molecular complexity index is 900. The summed E-state index contributed by atoms with van der Waals surface area (Å²) < 4.78 is 24.8. The Morgan fingerprint density at radius 2 is 1.96 bits per heavy atom. The van der Waals surface area contributed by atoms with Gasteiger partial charge in [-0.05, 0) is 49.2 Å². The van der Waals surface area contributed by atoms with Crippen LogP contribution in [0, 0.1) is 6.92 Å². The zero-order valence-corrected chi connectivity index (χ0v) is 16.9. The van der Waals surface area contributed by atoms with Crippen LogP contribution in [0.15, 0.2) is 53.0 Å². The molecule has 3 rings (SSSR count). The molecule has 0 saturated carbocycles. The van der Waals surface area contributed by atoms with E-state index in [-0.39, 0.29) is 30.0 Å². The normalized spacial score (nSPS) is 18.5. The van der Waals surface area contributed by atoms with E-state index in [1.807, 2.05) is 55.5 Å². The van der Waals surface area contributed by atoms with Gasteiger partial charge in [-0.2, -0.15) is 0 Å². The highest BCUT2D eigenvalue weighted by molar-refractivity contribution is 9.10. The van der Waals surface area contributed by atoms with E-state index >= 15 is 0 Å². The van der Waals surface area contributed by atoms with Gasteiger partial charge in [0.05, 0.1) is 24.1 Å². The Labute approximate surface area is 162 Å². The third kappa shape index (κ3) is 4.45. The van der Waals surface area contributed by atoms with Crippen LogP contribution in [0.2, 0.25) is 0 Å². The van der Waals surface area contributed by atoms with Crippen LogP contribution in [0.25, 0.3) is 0 Å². The quantitative estimate of drug-likeness (QED) is 0.779. The van der Waals surface area contributed by atoms with Crippen molar-refractivity contribution in [1.82, 2.24) is 0 Å². The smallest absolute Gasteiger partial charge is 0.246 e. The van der Waals surface area contributed by atoms with Crippen molar-refractivity contribution in [2.24, 2.45) is 0 Å². The highest BCUT2D eigenvalue weighted by Crippen LogP contribution is 2.25. The van der Waals surface area contributed by atoms with Crippen molar-refractivity contribution in [2.75, 3.05) is 28.3 Å². The molecule has 0 spiro atoms. The molecule has 0 aromatic heterocycles. The number of amides is 1. The highest BCUT2D eigenvalue weighted by Gasteiger charge is 2.35. The standard InChI is InChI=1S/C19H21BrN2O3S/c1-14-11-15(7-8-18(14)20)21-12-19(23)22(16-5-3-2-4-6-16)17-9-10-26(24,25)13-17/h2-8,11,17,21H,9-10,12-13H2,1H3/t17-/m0/s1. The summed E-state index contributed by atoms with van der Waals surface area (Å²) in [5.74, 6) is 0.0115. The Kier molecular flexibility index (Phi) is 5.67. The van der Waals surface area contributed by atoms with Crippen LogP contribution in [0.5, 0.6) is 0 Å². The first kappa shape index (κ1) is 18.9. The van der Waals surface area contributed by atoms with Crippen molar-refractivity contribution in [2.45, 2.75) is 19.4 Å². The lowest BCUT2D eigenvalue weighted by Gasteiger charge is -2.28. The molecule has 1 fully saturated rings. The third-order valence-corrected chi connectivity index (χ3v) is 7.12. The van der Waals surface area contributed by atoms with Gasteiger partial charge in [0.25, 0.3) is 0 Å². The van der Waals surface area contributed by atoms with Crippen molar-refractivity contribution in [3.05, 3.63) is 58.6 Å². The van der Waals surface area contributed by atoms with Gasteiger partial charge < -0.3 is 10.2 Å². The minimum Gasteiger partial charge on any atom is -0.376 e. The van der Waals surface area contributed by atoms with Gasteiger partial charge in [0.2, 0.25) is 5.91 Å². The van der Waals surface area contributed by atoms with Gasteiger partial charge in [-0.25, -0.2) is 8.42 Å². The van der Waals surface area contributed by atoms with Crippen molar-refractivity contribution in [3.8, 4) is 0 Å². The molecule has 0 aliphatic carbocycles. The number of nitrogens with zero attached hydrogens (tertiary/aromatic N) is 1. The number of anilines is 2. The number of nitrogens with one attached hydrogen (secondary N) is 1. The van der Waals surface area contributed by atoms with Crippen molar-refractivity contribution < 1.29 is 13.2 Å². The molecule has 2 aromatic rings. The van der Waals surface area contributed by atoms with Crippen molar-refractivity contribution >= 4 is 43.0 Å². The van der Waals surface area contributed by atoms with Gasteiger partial charge in [0.15, 0.2) is 9.84 Å². The Balaban J connectivity index is 1.78. The van der Waals surface area contributed by atoms with Gasteiger partial charge in [-0.15, -0.1) is 0 Å². The van der Waals surface area contributed by atoms with E-state index < -0.39 is 9.84 Å². The lowest BCUT2D eigenvalue weighted by molar-refractivity contribution is -0.117. The predicted octanol–water partition coefficient (Wildman–Crippen LogP) is 3.39. The second-order valence-corrected chi connectivity index (χ2v) is 9.56. The number of benzene rings is 2. The Morgan fingerprint density at radius 3 is 2.58 bits per heavy atom. The third-order valence-electron chi connectivity index (χ3n) is 4.48. The van der Waals surface area contributed by atoms with E-state index in [1.165, 1.54) is 0 Å². The van der Waals surface area contributed by atoms with Crippen molar-refractivity contribution in [1.29, 1.82) is 0 Å². The van der Waals surface area contributed by atoms with E-state index in [1.54, 1.807) is 4.90 Å². The van der Waals surface area contributed by atoms with Crippen LogP contribution < -0.4 is 10.2 Å². The largest absolute Gasteiger partial charge is 0.376 e. The first-order valence-corrected chi connectivity index (χ1v) is 11.0. The molecular formula is C19H21BrN2O3S. The maximum atomic E-state index is 12.9. The van der Waals surface area contributed by atoms with Crippen LogP contribution in [-0.4, -0.2) is 38.4 Å². The molecule has 1 aliphatic heterocycles. The number of aryl methyl sites for hydroxylation is 1. The molecule has 0 bridgehead atoms. The summed E-state index contributed by atoms with van der Waals surface area (Å²) in [6.07, 6.45) is 0.473. The summed E-state index contributed by atoms with van der Waals surface area (Å²) in [5, 5.41) is 3.15. The number of carbonyl (C=O) groups is 1. The summed E-state index contributed by atoms with van der Waals surface area (Å²) >= 11 is 3.46. The lowest BCUT2D eigenvalue weighted by Crippen LogP contribution is -2.44. The fourth-order valence-corrected chi connectivity index (χ4v) is 5.09. The first-order chi connectivity index (χ1) is 12.4. The summed E-state index contributed by atoms with van der Waals surface area (Å²) in [5.41, 5.74) is 2.66. The number of carbonyl (C=O) groups excluding carboxylic acids is 1. The Morgan fingerprint density at radius 1 is 1.23 bits per heavy atom. The number of rotatable bonds is 5. The molecule has 1 amide bonds. The number of para-hydroxylation sites is 1. The van der Waals surface area contributed by atoms with Crippen LogP contribution in [0.1, 0.15) is 12.0 Å². The van der Waals surface area contributed by atoms with Gasteiger partial charge >= 0.3 is 0 Å². The summed E-state index contributed by atoms with van der Waals surface area (Å²) in [6.45, 7) is 2.09. The lowest BCUT2D eigenvalue weighted by atomic mass is 10.1. The van der Waals surface area contributed by atoms with Gasteiger partial charge in [-0.3, -0.25) is 4.79 Å². The van der Waals surface area contributed by atoms with Gasteiger partial charge in [0, 0.05) is 15.8 Å². The summed E-state index contributed by atoms with van der Waals surface area (Å²) in [7, 11) is -3.08. The second-order valence-electron chi connectivity index (χ2n) is 6.47. The molecule has 1 saturated heterocycles. The van der Waals surface area contributed by atoms with Gasteiger partial charge in [0.1, 0.15) is 0 Å². The molecule has 5 nitrogen and oxygen atoms in total. The molecule has 0 unspecified atom stereocenters. The average molecular weight is 437 g/mol. The van der Waals surface area contributed by atoms with E-state index in [0.717, 1.165) is 21.4 Å². The molecule has 1 N–H and O–H groups in total. The molecule has 2 aromatic carbocycles.